The highest BCUT2D eigenvalue weighted by Gasteiger charge is 2.04. The average Bonchev–Trinajstić information content (AvgIpc) is 2.34. The molecule has 0 aliphatic rings. The molecule has 5 heteroatoms. The molecule has 88 valence electrons. The first-order chi connectivity index (χ1) is 7.74. The van der Waals surface area contributed by atoms with Crippen LogP contribution in [0.2, 0.25) is 0 Å². The van der Waals surface area contributed by atoms with Crippen LogP contribution in [0.25, 0.3) is 0 Å². The summed E-state index contributed by atoms with van der Waals surface area (Å²) in [6.45, 7) is 1.55. The van der Waals surface area contributed by atoms with Gasteiger partial charge in [0.15, 0.2) is 0 Å². The topological polar surface area (TPSA) is 67.6 Å². The number of nitrogens with zero attached hydrogens (tertiary/aromatic N) is 1. The fourth-order valence-electron chi connectivity index (χ4n) is 1.18. The number of hydrazine groups is 1. The lowest BCUT2D eigenvalue weighted by Crippen LogP contribution is -2.42. The van der Waals surface area contributed by atoms with Crippen LogP contribution in [0.3, 0.4) is 0 Å². The van der Waals surface area contributed by atoms with Crippen molar-refractivity contribution in [2.45, 2.75) is 6.61 Å². The van der Waals surface area contributed by atoms with Crippen molar-refractivity contribution in [1.82, 2.24) is 10.3 Å². The van der Waals surface area contributed by atoms with Gasteiger partial charge < -0.3 is 9.64 Å². The van der Waals surface area contributed by atoms with Gasteiger partial charge in [-0.25, -0.2) is 10.6 Å². The minimum atomic E-state index is -0.316. The molecule has 2 amide bonds. The Kier molecular flexibility index (Phi) is 5.31. The largest absolute Gasteiger partial charge is 0.375 e. The van der Waals surface area contributed by atoms with Gasteiger partial charge in [0, 0.05) is 13.6 Å². The van der Waals surface area contributed by atoms with E-state index in [1.807, 2.05) is 30.3 Å². The number of nitrogens with one attached hydrogen (secondary N) is 1. The van der Waals surface area contributed by atoms with Gasteiger partial charge in [-0.05, 0) is 5.56 Å². The van der Waals surface area contributed by atoms with Crippen molar-refractivity contribution in [2.24, 2.45) is 5.84 Å². The molecule has 0 saturated carbocycles. The first kappa shape index (κ1) is 12.5. The molecule has 5 nitrogen and oxygen atoms in total. The Morgan fingerprint density at radius 1 is 1.44 bits per heavy atom. The van der Waals surface area contributed by atoms with Gasteiger partial charge in [-0.1, -0.05) is 30.3 Å². The molecule has 0 radical (unpaired) electrons. The number of hydrogen-bond donors (Lipinski definition) is 2. The maximum absolute atomic E-state index is 11.0. The highest BCUT2D eigenvalue weighted by atomic mass is 16.5. The average molecular weight is 223 g/mol. The minimum Gasteiger partial charge on any atom is -0.375 e. The van der Waals surface area contributed by atoms with Crippen LogP contribution in [0.15, 0.2) is 30.3 Å². The fraction of sp³-hybridized carbons (Fsp3) is 0.364. The SMILES string of the molecule is CN(CCOCc1ccccc1)C(=O)NN. The molecule has 3 N–H and O–H groups in total. The van der Waals surface area contributed by atoms with E-state index in [0.29, 0.717) is 19.8 Å². The van der Waals surface area contributed by atoms with Crippen LogP contribution in [-0.2, 0) is 11.3 Å². The third kappa shape index (κ3) is 4.29. The van der Waals surface area contributed by atoms with E-state index in [4.69, 9.17) is 10.6 Å². The van der Waals surface area contributed by atoms with Crippen molar-refractivity contribution in [3.63, 3.8) is 0 Å². The molecule has 0 fully saturated rings. The van der Waals surface area contributed by atoms with Gasteiger partial charge in [0.2, 0.25) is 0 Å². The van der Waals surface area contributed by atoms with Crippen LogP contribution in [0.1, 0.15) is 5.56 Å². The molecule has 0 atom stereocenters. The molecular formula is C11H17N3O2. The lowest BCUT2D eigenvalue weighted by Gasteiger charge is -2.15. The van der Waals surface area contributed by atoms with Crippen LogP contribution in [-0.4, -0.2) is 31.1 Å². The number of nitrogens with two attached hydrogens (primary N) is 1. The number of rotatable bonds is 5. The van der Waals surface area contributed by atoms with E-state index >= 15 is 0 Å². The van der Waals surface area contributed by atoms with Gasteiger partial charge in [0.25, 0.3) is 0 Å². The Labute approximate surface area is 95.2 Å². The third-order valence-electron chi connectivity index (χ3n) is 2.15. The number of amides is 2. The summed E-state index contributed by atoms with van der Waals surface area (Å²) in [6, 6.07) is 9.57. The Bertz CT molecular complexity index is 316. The summed E-state index contributed by atoms with van der Waals surface area (Å²) in [5.74, 6) is 4.99. The Morgan fingerprint density at radius 3 is 2.75 bits per heavy atom. The number of ether oxygens (including phenoxy) is 1. The number of benzene rings is 1. The first-order valence-corrected chi connectivity index (χ1v) is 5.07. The number of likely N-dealkylation sites (N-methyl/N-ethyl adjacent to an activating group) is 1. The highest BCUT2D eigenvalue weighted by molar-refractivity contribution is 5.72. The molecule has 0 aliphatic heterocycles. The highest BCUT2D eigenvalue weighted by Crippen LogP contribution is 2.00. The fourth-order valence-corrected chi connectivity index (χ4v) is 1.18. The summed E-state index contributed by atoms with van der Waals surface area (Å²) in [6.07, 6.45) is 0. The lowest BCUT2D eigenvalue weighted by atomic mass is 10.2. The second-order valence-corrected chi connectivity index (χ2v) is 3.41. The summed E-state index contributed by atoms with van der Waals surface area (Å²) < 4.78 is 5.42. The van der Waals surface area contributed by atoms with Crippen LogP contribution in [0.4, 0.5) is 4.79 Å². The van der Waals surface area contributed by atoms with E-state index in [1.165, 1.54) is 4.90 Å². The molecular weight excluding hydrogens is 206 g/mol. The number of carbonyl (C=O) groups is 1. The Balaban J connectivity index is 2.15. The third-order valence-corrected chi connectivity index (χ3v) is 2.15. The molecule has 0 saturated heterocycles. The molecule has 1 rings (SSSR count). The van der Waals surface area contributed by atoms with Crippen molar-refractivity contribution >= 4 is 6.03 Å². The molecule has 0 spiro atoms. The van der Waals surface area contributed by atoms with E-state index in [9.17, 15) is 4.79 Å². The van der Waals surface area contributed by atoms with E-state index in [0.717, 1.165) is 5.56 Å². The van der Waals surface area contributed by atoms with Gasteiger partial charge in [0.05, 0.1) is 13.2 Å². The van der Waals surface area contributed by atoms with E-state index < -0.39 is 0 Å². The molecule has 0 unspecified atom stereocenters. The molecule has 0 aliphatic carbocycles. The standard InChI is InChI=1S/C11H17N3O2/c1-14(11(15)13-12)7-8-16-9-10-5-3-2-4-6-10/h2-6H,7-9,12H2,1H3,(H,13,15). The number of hydrogen-bond acceptors (Lipinski definition) is 3. The Morgan fingerprint density at radius 2 is 2.12 bits per heavy atom. The minimum absolute atomic E-state index is 0.316. The van der Waals surface area contributed by atoms with Crippen LogP contribution < -0.4 is 11.3 Å². The zero-order valence-electron chi connectivity index (χ0n) is 9.35. The second kappa shape index (κ2) is 6.81. The summed E-state index contributed by atoms with van der Waals surface area (Å²) in [5, 5.41) is 0. The van der Waals surface area contributed by atoms with Crippen LogP contribution in [0.5, 0.6) is 0 Å². The molecule has 0 heterocycles. The maximum Gasteiger partial charge on any atom is 0.331 e. The molecule has 0 aromatic heterocycles. The Hall–Kier alpha value is -1.59. The second-order valence-electron chi connectivity index (χ2n) is 3.41. The van der Waals surface area contributed by atoms with Gasteiger partial charge >= 0.3 is 6.03 Å². The summed E-state index contributed by atoms with van der Waals surface area (Å²) in [4.78, 5) is 12.5. The molecule has 0 bridgehead atoms. The predicted octanol–water partition coefficient (Wildman–Crippen LogP) is 0.718. The van der Waals surface area contributed by atoms with Crippen LogP contribution >= 0.6 is 0 Å². The van der Waals surface area contributed by atoms with Crippen molar-refractivity contribution in [1.29, 1.82) is 0 Å². The van der Waals surface area contributed by atoms with Gasteiger partial charge in [-0.3, -0.25) is 5.43 Å². The lowest BCUT2D eigenvalue weighted by molar-refractivity contribution is 0.104. The number of urea groups is 1. The van der Waals surface area contributed by atoms with Gasteiger partial charge in [0.1, 0.15) is 0 Å². The summed E-state index contributed by atoms with van der Waals surface area (Å²) in [5.41, 5.74) is 3.17. The van der Waals surface area contributed by atoms with Gasteiger partial charge in [-0.2, -0.15) is 0 Å². The normalized spacial score (nSPS) is 9.88. The molecule has 16 heavy (non-hydrogen) atoms. The number of carbonyl (C=O) groups excluding carboxylic acids is 1. The molecule has 1 aromatic rings. The smallest absolute Gasteiger partial charge is 0.331 e. The van der Waals surface area contributed by atoms with E-state index in [-0.39, 0.29) is 6.03 Å². The summed E-state index contributed by atoms with van der Waals surface area (Å²) in [7, 11) is 1.66. The van der Waals surface area contributed by atoms with Crippen molar-refractivity contribution in [2.75, 3.05) is 20.2 Å². The van der Waals surface area contributed by atoms with E-state index in [1.54, 1.807) is 7.05 Å². The quantitative estimate of drug-likeness (QED) is 0.334. The van der Waals surface area contributed by atoms with Crippen molar-refractivity contribution in [3.05, 3.63) is 35.9 Å². The zero-order valence-corrected chi connectivity index (χ0v) is 9.35. The van der Waals surface area contributed by atoms with Crippen LogP contribution in [0, 0.1) is 0 Å². The zero-order chi connectivity index (χ0) is 11.8. The maximum atomic E-state index is 11.0. The summed E-state index contributed by atoms with van der Waals surface area (Å²) >= 11 is 0. The molecule has 1 aromatic carbocycles. The van der Waals surface area contributed by atoms with Crippen molar-refractivity contribution < 1.29 is 9.53 Å². The monoisotopic (exact) mass is 223 g/mol. The first-order valence-electron chi connectivity index (χ1n) is 5.07. The van der Waals surface area contributed by atoms with Crippen molar-refractivity contribution in [3.8, 4) is 0 Å². The van der Waals surface area contributed by atoms with Gasteiger partial charge in [-0.15, -0.1) is 0 Å². The predicted molar refractivity (Wildman–Crippen MR) is 61.4 cm³/mol. The van der Waals surface area contributed by atoms with E-state index in [2.05, 4.69) is 5.43 Å².